The van der Waals surface area contributed by atoms with Gasteiger partial charge in [-0.25, -0.2) is 0 Å². The summed E-state index contributed by atoms with van der Waals surface area (Å²) in [6.07, 6.45) is 0. The molecule has 3 rings (SSSR count). The fourth-order valence-corrected chi connectivity index (χ4v) is 5.76. The summed E-state index contributed by atoms with van der Waals surface area (Å²) in [5.74, 6) is 0. The van der Waals surface area contributed by atoms with Crippen molar-refractivity contribution in [3.63, 3.8) is 0 Å². The molecule has 1 heterocycles. The Morgan fingerprint density at radius 1 is 0.909 bits per heavy atom. The van der Waals surface area contributed by atoms with Gasteiger partial charge in [-0.15, -0.1) is 10.2 Å². The van der Waals surface area contributed by atoms with Crippen LogP contribution < -0.4 is 4.90 Å². The van der Waals surface area contributed by atoms with Gasteiger partial charge in [0.25, 0.3) is 0 Å². The van der Waals surface area contributed by atoms with Crippen LogP contribution in [0.25, 0.3) is 0 Å². The second-order valence-electron chi connectivity index (χ2n) is 4.79. The molecule has 0 saturated heterocycles. The van der Waals surface area contributed by atoms with Crippen molar-refractivity contribution in [2.24, 2.45) is 10.2 Å². The van der Waals surface area contributed by atoms with Crippen molar-refractivity contribution in [2.75, 3.05) is 11.9 Å². The Balaban J connectivity index is 1.69. The van der Waals surface area contributed by atoms with Gasteiger partial charge in [0.05, 0.1) is 5.69 Å². The Labute approximate surface area is 144 Å². The third-order valence-electron chi connectivity index (χ3n) is 3.17. The maximum atomic E-state index is 4.36. The summed E-state index contributed by atoms with van der Waals surface area (Å²) in [6.45, 7) is 2.13. The molecule has 3 nitrogen and oxygen atoms in total. The van der Waals surface area contributed by atoms with E-state index in [1.165, 1.54) is 13.6 Å². The molecule has 2 aromatic rings. The van der Waals surface area contributed by atoms with Crippen LogP contribution in [0.5, 0.6) is 0 Å². The molecule has 2 aromatic carbocycles. The van der Waals surface area contributed by atoms with Crippen molar-refractivity contribution in [3.8, 4) is 0 Å². The van der Waals surface area contributed by atoms with Crippen LogP contribution >= 0.6 is 32.5 Å². The molecule has 112 valence electrons. The van der Waals surface area contributed by atoms with Gasteiger partial charge in [-0.2, -0.15) is 0 Å². The van der Waals surface area contributed by atoms with Crippen LogP contribution in [-0.4, -0.2) is 10.0 Å². The van der Waals surface area contributed by atoms with Crippen LogP contribution in [0.2, 0.25) is 0 Å². The van der Waals surface area contributed by atoms with E-state index in [-0.39, 0.29) is 20.7 Å². The first kappa shape index (κ1) is 15.4. The molecule has 5 heteroatoms. The number of benzene rings is 2. The SMILES string of the molecule is CC1=CI=C(N=Nc2ccc(N(C)c3ccccc3)cc2)S1. The maximum Gasteiger partial charge on any atom is 0.155 e. The Hall–Kier alpha value is -1.47. The monoisotopic (exact) mass is 421 g/mol. The molecule has 0 amide bonds. The van der Waals surface area contributed by atoms with E-state index in [1.807, 2.05) is 30.3 Å². The Bertz CT molecular complexity index is 736. The molecule has 0 bridgehead atoms. The molecule has 1 aliphatic heterocycles. The standard InChI is InChI=1S/C17H16IN3S/c1-13-12-18-17(22-13)20-19-14-8-10-16(11-9-14)21(2)15-6-4-3-5-7-15/h3-12H,1-2H3. The topological polar surface area (TPSA) is 28.0 Å². The number of azo groups is 1. The van der Waals surface area contributed by atoms with Crippen LogP contribution in [0.3, 0.4) is 0 Å². The highest BCUT2D eigenvalue weighted by Gasteiger charge is 2.05. The first-order valence-corrected chi connectivity index (χ1v) is 10.0. The zero-order valence-electron chi connectivity index (χ0n) is 12.4. The van der Waals surface area contributed by atoms with Gasteiger partial charge in [0.2, 0.25) is 0 Å². The van der Waals surface area contributed by atoms with Crippen LogP contribution in [-0.2, 0) is 0 Å². The molecule has 0 aliphatic carbocycles. The molecule has 0 unspecified atom stereocenters. The van der Waals surface area contributed by atoms with E-state index in [1.54, 1.807) is 11.8 Å². The number of nitrogens with zero attached hydrogens (tertiary/aromatic N) is 3. The summed E-state index contributed by atoms with van der Waals surface area (Å²) in [4.78, 5) is 3.50. The van der Waals surface area contributed by atoms with Crippen LogP contribution in [0, 0.1) is 0 Å². The third-order valence-corrected chi connectivity index (χ3v) is 7.54. The minimum absolute atomic E-state index is 0.0611. The predicted octanol–water partition coefficient (Wildman–Crippen LogP) is 6.20. The summed E-state index contributed by atoms with van der Waals surface area (Å²) in [5.41, 5.74) is 3.20. The van der Waals surface area contributed by atoms with Crippen molar-refractivity contribution in [2.45, 2.75) is 6.92 Å². The summed E-state index contributed by atoms with van der Waals surface area (Å²) < 4.78 is 3.46. The average molecular weight is 421 g/mol. The number of thioether (sulfide) groups is 1. The molecule has 0 saturated carbocycles. The lowest BCUT2D eigenvalue weighted by Gasteiger charge is -2.19. The first-order chi connectivity index (χ1) is 10.7. The van der Waals surface area contributed by atoms with Gasteiger partial charge in [-0.3, -0.25) is 0 Å². The molecule has 0 aromatic heterocycles. The normalized spacial score (nSPS) is 14.5. The van der Waals surface area contributed by atoms with Crippen LogP contribution in [0.4, 0.5) is 17.1 Å². The number of hydrogen-bond acceptors (Lipinski definition) is 4. The summed E-state index contributed by atoms with van der Waals surface area (Å²) in [5, 5.41) is 8.70. The highest BCUT2D eigenvalue weighted by Crippen LogP contribution is 2.33. The fourth-order valence-electron chi connectivity index (χ4n) is 1.98. The molecule has 1 aliphatic rings. The summed E-state index contributed by atoms with van der Waals surface area (Å²) >= 11 is 1.69. The minimum Gasteiger partial charge on any atom is -0.345 e. The molecule has 0 spiro atoms. The lowest BCUT2D eigenvalue weighted by atomic mass is 10.2. The van der Waals surface area contributed by atoms with E-state index in [0.29, 0.717) is 0 Å². The number of allylic oxidation sites excluding steroid dienone is 1. The van der Waals surface area contributed by atoms with E-state index in [4.69, 9.17) is 0 Å². The van der Waals surface area contributed by atoms with E-state index in [2.05, 4.69) is 57.4 Å². The molecule has 0 radical (unpaired) electrons. The zero-order valence-corrected chi connectivity index (χ0v) is 15.4. The van der Waals surface area contributed by atoms with E-state index >= 15 is 0 Å². The molecule has 0 atom stereocenters. The lowest BCUT2D eigenvalue weighted by molar-refractivity contribution is 1.20. The molecular weight excluding hydrogens is 405 g/mol. The Morgan fingerprint density at radius 3 is 2.23 bits per heavy atom. The minimum atomic E-state index is -0.0611. The highest BCUT2D eigenvalue weighted by atomic mass is 127. The van der Waals surface area contributed by atoms with E-state index in [9.17, 15) is 0 Å². The van der Waals surface area contributed by atoms with Gasteiger partial charge in [0.1, 0.15) is 0 Å². The fraction of sp³-hybridized carbons (Fsp3) is 0.118. The van der Waals surface area contributed by atoms with Crippen LogP contribution in [0.1, 0.15) is 6.92 Å². The van der Waals surface area contributed by atoms with Crippen molar-refractivity contribution < 1.29 is 0 Å². The number of para-hydroxylation sites is 1. The van der Waals surface area contributed by atoms with E-state index < -0.39 is 0 Å². The van der Waals surface area contributed by atoms with Gasteiger partial charge in [0.15, 0.2) is 2.96 Å². The molecule has 0 fully saturated rings. The second-order valence-corrected chi connectivity index (χ2v) is 9.03. The van der Waals surface area contributed by atoms with Gasteiger partial charge in [0, 0.05) is 18.4 Å². The van der Waals surface area contributed by atoms with Gasteiger partial charge in [-0.1, -0.05) is 50.7 Å². The van der Waals surface area contributed by atoms with Crippen LogP contribution in [0.15, 0.2) is 73.8 Å². The number of rotatable bonds is 4. The predicted molar refractivity (Wildman–Crippen MR) is 106 cm³/mol. The zero-order chi connectivity index (χ0) is 15.4. The molecular formula is C17H16IN3S. The van der Waals surface area contributed by atoms with E-state index in [0.717, 1.165) is 11.4 Å². The summed E-state index contributed by atoms with van der Waals surface area (Å²) in [7, 11) is 2.07. The maximum absolute atomic E-state index is 4.36. The average Bonchev–Trinajstić information content (AvgIpc) is 2.99. The smallest absolute Gasteiger partial charge is 0.155 e. The molecule has 22 heavy (non-hydrogen) atoms. The highest BCUT2D eigenvalue weighted by molar-refractivity contribution is 14.2. The van der Waals surface area contributed by atoms with Crippen molar-refractivity contribution in [1.29, 1.82) is 0 Å². The molecule has 0 N–H and O–H groups in total. The largest absolute Gasteiger partial charge is 0.345 e. The number of anilines is 2. The second kappa shape index (κ2) is 7.19. The first-order valence-electron chi connectivity index (χ1n) is 6.88. The van der Waals surface area contributed by atoms with Crippen molar-refractivity contribution in [1.82, 2.24) is 0 Å². The number of hydrogen-bond donors (Lipinski definition) is 0. The lowest BCUT2D eigenvalue weighted by Crippen LogP contribution is -2.08. The Morgan fingerprint density at radius 2 is 1.59 bits per heavy atom. The number of halogens is 1. The Kier molecular flexibility index (Phi) is 5.04. The van der Waals surface area contributed by atoms with Gasteiger partial charge < -0.3 is 4.90 Å². The van der Waals surface area contributed by atoms with Gasteiger partial charge >= 0.3 is 0 Å². The quantitative estimate of drug-likeness (QED) is 0.434. The van der Waals surface area contributed by atoms with Crippen molar-refractivity contribution >= 4 is 52.5 Å². The summed E-state index contributed by atoms with van der Waals surface area (Å²) in [6, 6.07) is 18.5. The third kappa shape index (κ3) is 3.84. The van der Waals surface area contributed by atoms with Gasteiger partial charge in [-0.05, 0) is 52.3 Å². The van der Waals surface area contributed by atoms with Crippen molar-refractivity contribution in [3.05, 3.63) is 63.6 Å².